The molecule has 4 N–H and O–H groups in total. The van der Waals surface area contributed by atoms with Crippen molar-refractivity contribution in [2.75, 3.05) is 18.4 Å². The van der Waals surface area contributed by atoms with Gasteiger partial charge in [-0.05, 0) is 37.8 Å². The van der Waals surface area contributed by atoms with Crippen molar-refractivity contribution in [3.05, 3.63) is 28.5 Å². The van der Waals surface area contributed by atoms with Crippen LogP contribution in [-0.4, -0.2) is 29.9 Å². The van der Waals surface area contributed by atoms with E-state index in [0.29, 0.717) is 30.3 Å². The number of carbonyl (C=O) groups excluding carboxylic acids is 2. The van der Waals surface area contributed by atoms with Crippen molar-refractivity contribution in [2.24, 2.45) is 11.7 Å². The van der Waals surface area contributed by atoms with Crippen LogP contribution in [0.1, 0.15) is 56.3 Å². The summed E-state index contributed by atoms with van der Waals surface area (Å²) in [6, 6.07) is 3.59. The summed E-state index contributed by atoms with van der Waals surface area (Å²) in [6.45, 7) is 1.52. The molecule has 2 aromatic rings. The molecule has 8 heteroatoms. The highest BCUT2D eigenvalue weighted by Crippen LogP contribution is 2.49. The maximum Gasteiger partial charge on any atom is 0.319 e. The van der Waals surface area contributed by atoms with Crippen LogP contribution in [0.5, 0.6) is 0 Å². The minimum absolute atomic E-state index is 0.0990. The van der Waals surface area contributed by atoms with Gasteiger partial charge in [0.05, 0.1) is 28.7 Å². The van der Waals surface area contributed by atoms with Crippen molar-refractivity contribution >= 4 is 40.2 Å². The van der Waals surface area contributed by atoms with Gasteiger partial charge in [0.15, 0.2) is 0 Å². The number of fused-ring (bicyclic) bond motifs is 4. The Morgan fingerprint density at radius 1 is 1.20 bits per heavy atom. The second-order valence-corrected chi connectivity index (χ2v) is 9.20. The molecule has 1 aromatic heterocycles. The Balaban J connectivity index is 1.56. The van der Waals surface area contributed by atoms with E-state index in [4.69, 9.17) is 21.8 Å². The van der Waals surface area contributed by atoms with Crippen molar-refractivity contribution in [3.63, 3.8) is 0 Å². The summed E-state index contributed by atoms with van der Waals surface area (Å²) in [5.41, 5.74) is 7.65. The smallest absolute Gasteiger partial charge is 0.319 e. The number of urea groups is 1. The Morgan fingerprint density at radius 3 is 2.77 bits per heavy atom. The lowest BCUT2D eigenvalue weighted by molar-refractivity contribution is -0.138. The van der Waals surface area contributed by atoms with Gasteiger partial charge in [0, 0.05) is 24.0 Å². The van der Waals surface area contributed by atoms with Crippen LogP contribution in [0, 0.1) is 5.92 Å². The Hall–Kier alpha value is -2.25. The van der Waals surface area contributed by atoms with Crippen LogP contribution in [-0.2, 0) is 16.9 Å². The largest absolute Gasteiger partial charge is 0.459 e. The first-order valence-electron chi connectivity index (χ1n) is 10.8. The second-order valence-electron chi connectivity index (χ2n) is 8.80. The molecule has 160 valence electrons. The van der Waals surface area contributed by atoms with Crippen LogP contribution in [0.3, 0.4) is 0 Å². The first-order valence-corrected chi connectivity index (χ1v) is 11.2. The number of halogens is 1. The number of hydrogen-bond acceptors (Lipinski definition) is 4. The van der Waals surface area contributed by atoms with Crippen LogP contribution < -0.4 is 16.4 Å². The number of rotatable bonds is 3. The molecule has 3 amide bonds. The number of nitrogens with one attached hydrogen (secondary N) is 2. The van der Waals surface area contributed by atoms with E-state index >= 15 is 0 Å². The SMILES string of the molecule is NCC1CCCN(Cc2cc3cc(Cl)c4c(c3o2)C2(CCCCC2)NC(=O)N4)C1=O. The Labute approximate surface area is 180 Å². The van der Waals surface area contributed by atoms with E-state index in [9.17, 15) is 9.59 Å². The summed E-state index contributed by atoms with van der Waals surface area (Å²) in [5, 5.41) is 7.47. The number of nitrogens with two attached hydrogens (primary N) is 1. The van der Waals surface area contributed by atoms with E-state index in [-0.39, 0.29) is 17.9 Å². The number of likely N-dealkylation sites (tertiary alicyclic amines) is 1. The van der Waals surface area contributed by atoms with E-state index in [0.717, 1.165) is 67.2 Å². The molecule has 2 aliphatic heterocycles. The number of carbonyl (C=O) groups is 2. The Bertz CT molecular complexity index is 1010. The van der Waals surface area contributed by atoms with Gasteiger partial charge < -0.3 is 25.7 Å². The monoisotopic (exact) mass is 430 g/mol. The lowest BCUT2D eigenvalue weighted by atomic mass is 9.74. The van der Waals surface area contributed by atoms with Gasteiger partial charge in [-0.1, -0.05) is 30.9 Å². The minimum Gasteiger partial charge on any atom is -0.459 e. The standard InChI is InChI=1S/C22H27ClN4O3/c23-16-10-14-9-15(12-27-8-4-5-13(11-24)20(27)28)30-19(14)17-18(16)25-21(29)26-22(17)6-2-1-3-7-22/h9-10,13H,1-8,11-12,24H2,(H2,25,26,29). The molecule has 3 aliphatic rings. The third-order valence-corrected chi connectivity index (χ3v) is 7.16. The summed E-state index contributed by atoms with van der Waals surface area (Å²) in [7, 11) is 0. The first kappa shape index (κ1) is 19.7. The molecule has 7 nitrogen and oxygen atoms in total. The zero-order chi connectivity index (χ0) is 20.9. The van der Waals surface area contributed by atoms with Crippen molar-refractivity contribution < 1.29 is 14.0 Å². The Kier molecular flexibility index (Phi) is 4.90. The lowest BCUT2D eigenvalue weighted by Gasteiger charge is -2.42. The molecule has 1 spiro atoms. The normalized spacial score (nSPS) is 23.4. The van der Waals surface area contributed by atoms with Crippen molar-refractivity contribution in [1.82, 2.24) is 10.2 Å². The summed E-state index contributed by atoms with van der Waals surface area (Å²) >= 11 is 6.59. The Morgan fingerprint density at radius 2 is 2.00 bits per heavy atom. The van der Waals surface area contributed by atoms with Gasteiger partial charge in [0.25, 0.3) is 0 Å². The number of nitrogens with zero attached hydrogens (tertiary/aromatic N) is 1. The molecule has 1 atom stereocenters. The molecular formula is C22H27ClN4O3. The third kappa shape index (κ3) is 3.15. The zero-order valence-electron chi connectivity index (χ0n) is 16.9. The molecule has 1 saturated heterocycles. The predicted molar refractivity (Wildman–Crippen MR) is 115 cm³/mol. The van der Waals surface area contributed by atoms with Gasteiger partial charge >= 0.3 is 6.03 Å². The molecule has 1 aromatic carbocycles. The summed E-state index contributed by atoms with van der Waals surface area (Å²) in [6.07, 6.45) is 6.78. The van der Waals surface area contributed by atoms with E-state index in [2.05, 4.69) is 10.6 Å². The number of benzene rings is 1. The van der Waals surface area contributed by atoms with Crippen LogP contribution >= 0.6 is 11.6 Å². The van der Waals surface area contributed by atoms with Gasteiger partial charge in [0.2, 0.25) is 5.91 Å². The van der Waals surface area contributed by atoms with Crippen LogP contribution in [0.25, 0.3) is 11.0 Å². The third-order valence-electron chi connectivity index (χ3n) is 6.86. The average molecular weight is 431 g/mol. The number of piperidine rings is 1. The van der Waals surface area contributed by atoms with E-state index in [1.54, 1.807) is 0 Å². The maximum atomic E-state index is 12.7. The van der Waals surface area contributed by atoms with Gasteiger partial charge in [-0.25, -0.2) is 4.79 Å². The van der Waals surface area contributed by atoms with E-state index in [1.165, 1.54) is 0 Å². The molecule has 1 aliphatic carbocycles. The summed E-state index contributed by atoms with van der Waals surface area (Å²) in [4.78, 5) is 26.9. The van der Waals surface area contributed by atoms with Gasteiger partial charge in [0.1, 0.15) is 11.3 Å². The fourth-order valence-corrected chi connectivity index (χ4v) is 5.66. The summed E-state index contributed by atoms with van der Waals surface area (Å²) < 4.78 is 6.33. The van der Waals surface area contributed by atoms with E-state index in [1.807, 2.05) is 17.0 Å². The quantitative estimate of drug-likeness (QED) is 0.682. The van der Waals surface area contributed by atoms with Crippen molar-refractivity contribution in [3.8, 4) is 0 Å². The van der Waals surface area contributed by atoms with Crippen LogP contribution in [0.15, 0.2) is 16.5 Å². The number of amides is 3. The molecule has 0 radical (unpaired) electrons. The predicted octanol–water partition coefficient (Wildman–Crippen LogP) is 4.08. The zero-order valence-corrected chi connectivity index (χ0v) is 17.7. The molecule has 3 heterocycles. The van der Waals surface area contributed by atoms with Crippen molar-refractivity contribution in [1.29, 1.82) is 0 Å². The van der Waals surface area contributed by atoms with Crippen molar-refractivity contribution in [2.45, 2.75) is 57.0 Å². The number of anilines is 1. The molecule has 2 fully saturated rings. The molecular weight excluding hydrogens is 404 g/mol. The summed E-state index contributed by atoms with van der Waals surface area (Å²) in [5.74, 6) is 0.723. The maximum absolute atomic E-state index is 12.7. The number of furan rings is 1. The molecule has 5 rings (SSSR count). The number of hydrogen-bond donors (Lipinski definition) is 3. The van der Waals surface area contributed by atoms with Gasteiger partial charge in [-0.3, -0.25) is 4.79 Å². The molecule has 0 bridgehead atoms. The molecule has 1 unspecified atom stereocenters. The fourth-order valence-electron chi connectivity index (χ4n) is 5.40. The highest BCUT2D eigenvalue weighted by atomic mass is 35.5. The highest BCUT2D eigenvalue weighted by Gasteiger charge is 2.43. The van der Waals surface area contributed by atoms with Gasteiger partial charge in [-0.2, -0.15) is 0 Å². The highest BCUT2D eigenvalue weighted by molar-refractivity contribution is 6.35. The first-order chi connectivity index (χ1) is 14.5. The fraction of sp³-hybridized carbons (Fsp3) is 0.545. The average Bonchev–Trinajstić information content (AvgIpc) is 3.12. The molecule has 1 saturated carbocycles. The van der Waals surface area contributed by atoms with E-state index < -0.39 is 5.54 Å². The second kappa shape index (κ2) is 7.46. The van der Waals surface area contributed by atoms with Crippen LogP contribution in [0.4, 0.5) is 10.5 Å². The van der Waals surface area contributed by atoms with Crippen LogP contribution in [0.2, 0.25) is 5.02 Å². The van der Waals surface area contributed by atoms with Gasteiger partial charge in [-0.15, -0.1) is 0 Å². The minimum atomic E-state index is -0.459. The topological polar surface area (TPSA) is 101 Å². The molecule has 30 heavy (non-hydrogen) atoms. The lowest BCUT2D eigenvalue weighted by Crippen LogP contribution is -2.52.